The summed E-state index contributed by atoms with van der Waals surface area (Å²) in [6.07, 6.45) is 3.48. The third-order valence-corrected chi connectivity index (χ3v) is 4.05. The van der Waals surface area contributed by atoms with Crippen LogP contribution in [0.5, 0.6) is 5.75 Å². The van der Waals surface area contributed by atoms with E-state index < -0.39 is 0 Å². The van der Waals surface area contributed by atoms with Gasteiger partial charge in [0.1, 0.15) is 29.7 Å². The number of ether oxygens (including phenoxy) is 1. The first-order valence-corrected chi connectivity index (χ1v) is 8.34. The number of rotatable bonds is 5. The molecule has 0 saturated heterocycles. The Morgan fingerprint density at radius 2 is 1.92 bits per heavy atom. The van der Waals surface area contributed by atoms with Gasteiger partial charge in [0.25, 0.3) is 0 Å². The molecule has 0 aliphatic heterocycles. The van der Waals surface area contributed by atoms with Crippen LogP contribution in [-0.4, -0.2) is 15.0 Å². The first-order chi connectivity index (χ1) is 11.9. The molecule has 130 valence electrons. The summed E-state index contributed by atoms with van der Waals surface area (Å²) in [5.41, 5.74) is 4.10. The minimum Gasteiger partial charge on any atom is -0.487 e. The molecule has 0 fully saturated rings. The van der Waals surface area contributed by atoms with Crippen LogP contribution < -0.4 is 4.74 Å². The van der Waals surface area contributed by atoms with Crippen LogP contribution in [0.2, 0.25) is 0 Å². The minimum absolute atomic E-state index is 0.105. The van der Waals surface area contributed by atoms with Gasteiger partial charge in [0.2, 0.25) is 0 Å². The standard InChI is InChI=1S/C20H22FN3O/c1-12(2)20-23-10-17(24-20)15-5-6-19(14(4)8-15)25-11-18-16(21)7-13(3)9-22-18/h5-10,12H,11H2,1-4H3,(H,23,24). The second kappa shape index (κ2) is 7.05. The first kappa shape index (κ1) is 17.1. The number of benzene rings is 1. The Labute approximate surface area is 147 Å². The number of pyridine rings is 1. The lowest BCUT2D eigenvalue weighted by Gasteiger charge is -2.11. The highest BCUT2D eigenvalue weighted by Gasteiger charge is 2.10. The summed E-state index contributed by atoms with van der Waals surface area (Å²) < 4.78 is 19.6. The molecular weight excluding hydrogens is 317 g/mol. The second-order valence-electron chi connectivity index (χ2n) is 6.55. The van der Waals surface area contributed by atoms with E-state index in [1.807, 2.05) is 38.2 Å². The molecule has 1 aromatic carbocycles. The van der Waals surface area contributed by atoms with Gasteiger partial charge in [0.05, 0.1) is 11.9 Å². The van der Waals surface area contributed by atoms with Gasteiger partial charge >= 0.3 is 0 Å². The Hall–Kier alpha value is -2.69. The Kier molecular flexibility index (Phi) is 4.83. The number of aryl methyl sites for hydroxylation is 2. The predicted molar refractivity (Wildman–Crippen MR) is 96.1 cm³/mol. The van der Waals surface area contributed by atoms with Gasteiger partial charge < -0.3 is 9.72 Å². The summed E-state index contributed by atoms with van der Waals surface area (Å²) in [5, 5.41) is 0. The molecule has 0 spiro atoms. The fourth-order valence-corrected chi connectivity index (χ4v) is 2.57. The minimum atomic E-state index is -0.340. The van der Waals surface area contributed by atoms with Gasteiger partial charge in [-0.05, 0) is 49.2 Å². The Morgan fingerprint density at radius 1 is 1.12 bits per heavy atom. The van der Waals surface area contributed by atoms with Crippen molar-refractivity contribution in [1.82, 2.24) is 15.0 Å². The molecule has 0 unspecified atom stereocenters. The van der Waals surface area contributed by atoms with Crippen molar-refractivity contribution in [3.05, 3.63) is 65.1 Å². The van der Waals surface area contributed by atoms with E-state index >= 15 is 0 Å². The van der Waals surface area contributed by atoms with Crippen molar-refractivity contribution in [3.63, 3.8) is 0 Å². The number of nitrogens with zero attached hydrogens (tertiary/aromatic N) is 2. The maximum absolute atomic E-state index is 13.9. The predicted octanol–water partition coefficient (Wildman–Crippen LogP) is 4.93. The highest BCUT2D eigenvalue weighted by molar-refractivity contribution is 5.61. The maximum atomic E-state index is 13.9. The van der Waals surface area contributed by atoms with E-state index in [1.165, 1.54) is 6.07 Å². The molecule has 25 heavy (non-hydrogen) atoms. The summed E-state index contributed by atoms with van der Waals surface area (Å²) >= 11 is 0. The van der Waals surface area contributed by atoms with Crippen molar-refractivity contribution < 1.29 is 9.13 Å². The van der Waals surface area contributed by atoms with Gasteiger partial charge in [-0.25, -0.2) is 9.37 Å². The topological polar surface area (TPSA) is 50.8 Å². The van der Waals surface area contributed by atoms with Gasteiger partial charge in [-0.15, -0.1) is 0 Å². The molecule has 0 atom stereocenters. The van der Waals surface area contributed by atoms with Crippen molar-refractivity contribution in [3.8, 4) is 17.0 Å². The number of hydrogen-bond acceptors (Lipinski definition) is 3. The van der Waals surface area contributed by atoms with Crippen LogP contribution in [0.3, 0.4) is 0 Å². The summed E-state index contributed by atoms with van der Waals surface area (Å²) in [4.78, 5) is 11.8. The fraction of sp³-hybridized carbons (Fsp3) is 0.300. The van der Waals surface area contributed by atoms with Gasteiger partial charge in [-0.3, -0.25) is 4.98 Å². The summed E-state index contributed by atoms with van der Waals surface area (Å²) in [5.74, 6) is 1.70. The summed E-state index contributed by atoms with van der Waals surface area (Å²) in [7, 11) is 0. The lowest BCUT2D eigenvalue weighted by molar-refractivity contribution is 0.292. The number of halogens is 1. The van der Waals surface area contributed by atoms with Crippen molar-refractivity contribution in [2.24, 2.45) is 0 Å². The molecule has 1 N–H and O–H groups in total. The number of aromatic amines is 1. The Balaban J connectivity index is 1.75. The molecule has 5 heteroatoms. The molecule has 2 aromatic heterocycles. The molecule has 0 bridgehead atoms. The maximum Gasteiger partial charge on any atom is 0.148 e. The Morgan fingerprint density at radius 3 is 2.56 bits per heavy atom. The average molecular weight is 339 g/mol. The Bertz CT molecular complexity index is 886. The molecule has 0 aliphatic carbocycles. The zero-order valence-corrected chi connectivity index (χ0v) is 14.9. The van der Waals surface area contributed by atoms with Crippen LogP contribution in [0, 0.1) is 19.7 Å². The van der Waals surface area contributed by atoms with E-state index in [-0.39, 0.29) is 12.4 Å². The average Bonchev–Trinajstić information content (AvgIpc) is 3.05. The largest absolute Gasteiger partial charge is 0.487 e. The van der Waals surface area contributed by atoms with Crippen LogP contribution in [0.15, 0.2) is 36.7 Å². The van der Waals surface area contributed by atoms with Crippen LogP contribution >= 0.6 is 0 Å². The zero-order valence-electron chi connectivity index (χ0n) is 14.9. The zero-order chi connectivity index (χ0) is 18.0. The third kappa shape index (κ3) is 3.87. The molecule has 0 saturated carbocycles. The van der Waals surface area contributed by atoms with Crippen molar-refractivity contribution in [1.29, 1.82) is 0 Å². The summed E-state index contributed by atoms with van der Waals surface area (Å²) in [6.45, 7) is 8.08. The van der Waals surface area contributed by atoms with Crippen LogP contribution in [0.4, 0.5) is 4.39 Å². The van der Waals surface area contributed by atoms with Crippen molar-refractivity contribution >= 4 is 0 Å². The quantitative estimate of drug-likeness (QED) is 0.717. The van der Waals surface area contributed by atoms with Crippen LogP contribution in [0.25, 0.3) is 11.3 Å². The number of imidazole rings is 1. The lowest BCUT2D eigenvalue weighted by atomic mass is 10.1. The lowest BCUT2D eigenvalue weighted by Crippen LogP contribution is -2.03. The van der Waals surface area contributed by atoms with E-state index in [1.54, 1.807) is 6.20 Å². The van der Waals surface area contributed by atoms with Gasteiger partial charge in [0, 0.05) is 17.7 Å². The van der Waals surface area contributed by atoms with Crippen LogP contribution in [-0.2, 0) is 6.61 Å². The smallest absolute Gasteiger partial charge is 0.148 e. The van der Waals surface area contributed by atoms with Gasteiger partial charge in [-0.1, -0.05) is 13.8 Å². The SMILES string of the molecule is Cc1cnc(COc2ccc(-c3cnc(C(C)C)[nH]3)cc2C)c(F)c1. The molecule has 3 rings (SSSR count). The third-order valence-electron chi connectivity index (χ3n) is 4.05. The van der Waals surface area contributed by atoms with Gasteiger partial charge in [0.15, 0.2) is 0 Å². The van der Waals surface area contributed by atoms with E-state index in [4.69, 9.17) is 4.74 Å². The fourth-order valence-electron chi connectivity index (χ4n) is 2.57. The highest BCUT2D eigenvalue weighted by Crippen LogP contribution is 2.27. The van der Waals surface area contributed by atoms with Crippen molar-refractivity contribution in [2.75, 3.05) is 0 Å². The molecule has 0 amide bonds. The van der Waals surface area contributed by atoms with E-state index in [9.17, 15) is 4.39 Å². The first-order valence-electron chi connectivity index (χ1n) is 8.34. The van der Waals surface area contributed by atoms with E-state index in [2.05, 4.69) is 28.8 Å². The van der Waals surface area contributed by atoms with Crippen LogP contribution in [0.1, 0.15) is 42.4 Å². The van der Waals surface area contributed by atoms with Crippen molar-refractivity contribution in [2.45, 2.75) is 40.2 Å². The number of aromatic nitrogens is 3. The molecular formula is C20H22FN3O. The second-order valence-corrected chi connectivity index (χ2v) is 6.55. The van der Waals surface area contributed by atoms with Gasteiger partial charge in [-0.2, -0.15) is 0 Å². The molecule has 4 nitrogen and oxygen atoms in total. The van der Waals surface area contributed by atoms with E-state index in [0.29, 0.717) is 17.4 Å². The normalized spacial score (nSPS) is 11.1. The molecule has 3 aromatic rings. The number of hydrogen-bond donors (Lipinski definition) is 1. The monoisotopic (exact) mass is 339 g/mol. The number of nitrogens with one attached hydrogen (secondary N) is 1. The van der Waals surface area contributed by atoms with E-state index in [0.717, 1.165) is 28.2 Å². The highest BCUT2D eigenvalue weighted by atomic mass is 19.1. The summed E-state index contributed by atoms with van der Waals surface area (Å²) in [6, 6.07) is 7.36. The molecule has 0 aliphatic rings. The molecule has 2 heterocycles. The molecule has 0 radical (unpaired) electrons. The number of H-pyrrole nitrogens is 1.